The molecular weight excluding hydrogens is 460 g/mol. The largest absolute Gasteiger partial charge is 0.492 e. The lowest BCUT2D eigenvalue weighted by molar-refractivity contribution is 0.0947. The first-order valence-electron chi connectivity index (χ1n) is 11.9. The third kappa shape index (κ3) is 8.14. The molecule has 0 atom stereocenters. The molecule has 0 saturated carbocycles. The number of aryl methyl sites for hydroxylation is 2. The van der Waals surface area contributed by atoms with Crippen molar-refractivity contribution in [3.8, 4) is 5.75 Å². The molecule has 0 heterocycles. The molecule has 0 aromatic heterocycles. The number of benzene rings is 3. The van der Waals surface area contributed by atoms with Crippen LogP contribution in [0.15, 0.2) is 72.8 Å². The molecule has 0 fully saturated rings. The van der Waals surface area contributed by atoms with Crippen molar-refractivity contribution in [1.29, 1.82) is 0 Å². The Morgan fingerprint density at radius 1 is 0.971 bits per heavy atom. The van der Waals surface area contributed by atoms with Crippen LogP contribution in [-0.2, 0) is 23.0 Å². The lowest BCUT2D eigenvalue weighted by Crippen LogP contribution is -2.29. The standard InChI is InChI=1S/C28H34N2O4S/c1-4-5-8-23-12-16-26(17-13-23)30(35(3,32)33)21-24-10-14-25(15-11-24)28(31)29-18-19-34-27-9-6-7-22(2)20-27/h6-7,9-17,20H,4-5,8,18-19,21H2,1-3H3,(H,29,31). The molecule has 0 aliphatic carbocycles. The first kappa shape index (κ1) is 26.3. The van der Waals surface area contributed by atoms with Crippen molar-refractivity contribution in [1.82, 2.24) is 5.32 Å². The Morgan fingerprint density at radius 2 is 1.66 bits per heavy atom. The molecule has 186 valence electrons. The van der Waals surface area contributed by atoms with Crippen LogP contribution < -0.4 is 14.4 Å². The molecule has 7 heteroatoms. The number of hydrogen-bond acceptors (Lipinski definition) is 4. The Morgan fingerprint density at radius 3 is 2.29 bits per heavy atom. The molecule has 0 bridgehead atoms. The van der Waals surface area contributed by atoms with Gasteiger partial charge in [0.05, 0.1) is 25.0 Å². The Bertz CT molecular complexity index is 1210. The van der Waals surface area contributed by atoms with E-state index in [1.54, 1.807) is 24.3 Å². The van der Waals surface area contributed by atoms with Crippen LogP contribution >= 0.6 is 0 Å². The maximum Gasteiger partial charge on any atom is 0.251 e. The van der Waals surface area contributed by atoms with Crippen molar-refractivity contribution in [2.24, 2.45) is 0 Å². The van der Waals surface area contributed by atoms with Gasteiger partial charge in [0, 0.05) is 5.56 Å². The molecule has 3 aromatic rings. The molecular formula is C28H34N2O4S. The summed E-state index contributed by atoms with van der Waals surface area (Å²) in [5.74, 6) is 0.571. The van der Waals surface area contributed by atoms with Gasteiger partial charge in [0.25, 0.3) is 5.91 Å². The van der Waals surface area contributed by atoms with Gasteiger partial charge in [-0.25, -0.2) is 8.42 Å². The fraction of sp³-hybridized carbons (Fsp3) is 0.321. The van der Waals surface area contributed by atoms with Gasteiger partial charge >= 0.3 is 0 Å². The van der Waals surface area contributed by atoms with Gasteiger partial charge in [0.15, 0.2) is 0 Å². The summed E-state index contributed by atoms with van der Waals surface area (Å²) in [6.45, 7) is 5.09. The third-order valence-electron chi connectivity index (χ3n) is 5.63. The summed E-state index contributed by atoms with van der Waals surface area (Å²) in [5.41, 5.74) is 4.25. The maximum atomic E-state index is 12.5. The maximum absolute atomic E-state index is 12.5. The van der Waals surface area contributed by atoms with E-state index in [0.717, 1.165) is 36.1 Å². The van der Waals surface area contributed by atoms with Crippen LogP contribution in [0.25, 0.3) is 0 Å². The van der Waals surface area contributed by atoms with Crippen LogP contribution in [0.3, 0.4) is 0 Å². The van der Waals surface area contributed by atoms with E-state index < -0.39 is 10.0 Å². The number of anilines is 1. The number of amides is 1. The van der Waals surface area contributed by atoms with E-state index in [4.69, 9.17) is 4.74 Å². The van der Waals surface area contributed by atoms with Gasteiger partial charge in [0.1, 0.15) is 12.4 Å². The van der Waals surface area contributed by atoms with Crippen LogP contribution in [0.2, 0.25) is 0 Å². The van der Waals surface area contributed by atoms with Crippen LogP contribution in [0.4, 0.5) is 5.69 Å². The summed E-state index contributed by atoms with van der Waals surface area (Å²) >= 11 is 0. The first-order valence-corrected chi connectivity index (χ1v) is 13.7. The van der Waals surface area contributed by atoms with Gasteiger partial charge in [-0.3, -0.25) is 9.10 Å². The van der Waals surface area contributed by atoms with Crippen molar-refractivity contribution in [2.45, 2.75) is 39.7 Å². The number of hydrogen-bond donors (Lipinski definition) is 1. The zero-order valence-corrected chi connectivity index (χ0v) is 21.5. The minimum Gasteiger partial charge on any atom is -0.492 e. The number of sulfonamides is 1. The van der Waals surface area contributed by atoms with Gasteiger partial charge in [0.2, 0.25) is 10.0 Å². The molecule has 0 saturated heterocycles. The van der Waals surface area contributed by atoms with Crippen LogP contribution in [0.5, 0.6) is 5.75 Å². The van der Waals surface area contributed by atoms with Gasteiger partial charge < -0.3 is 10.1 Å². The summed E-state index contributed by atoms with van der Waals surface area (Å²) in [4.78, 5) is 12.5. The zero-order valence-electron chi connectivity index (χ0n) is 20.7. The fourth-order valence-corrected chi connectivity index (χ4v) is 4.57. The topological polar surface area (TPSA) is 75.7 Å². The Labute approximate surface area is 209 Å². The smallest absolute Gasteiger partial charge is 0.251 e. The lowest BCUT2D eigenvalue weighted by atomic mass is 10.1. The fourth-order valence-electron chi connectivity index (χ4n) is 3.68. The summed E-state index contributed by atoms with van der Waals surface area (Å²) in [7, 11) is -3.47. The van der Waals surface area contributed by atoms with E-state index in [1.165, 1.54) is 16.1 Å². The van der Waals surface area contributed by atoms with Gasteiger partial charge in [-0.05, 0) is 72.9 Å². The molecule has 1 N–H and O–H groups in total. The molecule has 3 rings (SSSR count). The number of carbonyl (C=O) groups is 1. The highest BCUT2D eigenvalue weighted by Gasteiger charge is 2.18. The molecule has 0 unspecified atom stereocenters. The van der Waals surface area contributed by atoms with Crippen LogP contribution in [-0.4, -0.2) is 33.7 Å². The van der Waals surface area contributed by atoms with E-state index in [9.17, 15) is 13.2 Å². The summed E-state index contributed by atoms with van der Waals surface area (Å²) in [5, 5.41) is 2.84. The van der Waals surface area contributed by atoms with Crippen molar-refractivity contribution >= 4 is 21.6 Å². The zero-order chi connectivity index (χ0) is 25.3. The Hall–Kier alpha value is -3.32. The quantitative estimate of drug-likeness (QED) is 0.355. The van der Waals surface area contributed by atoms with Gasteiger partial charge in [-0.2, -0.15) is 0 Å². The molecule has 1 amide bonds. The molecule has 35 heavy (non-hydrogen) atoms. The number of nitrogens with zero attached hydrogens (tertiary/aromatic N) is 1. The van der Waals surface area contributed by atoms with Crippen molar-refractivity contribution in [2.75, 3.05) is 23.7 Å². The number of carbonyl (C=O) groups excluding carboxylic acids is 1. The average molecular weight is 495 g/mol. The molecule has 0 aliphatic rings. The second kappa shape index (κ2) is 12.4. The van der Waals surface area contributed by atoms with Crippen LogP contribution in [0.1, 0.15) is 46.8 Å². The summed E-state index contributed by atoms with van der Waals surface area (Å²) in [6.07, 6.45) is 4.41. The molecule has 0 radical (unpaired) electrons. The highest BCUT2D eigenvalue weighted by atomic mass is 32.2. The Balaban J connectivity index is 1.57. The van der Waals surface area contributed by atoms with E-state index >= 15 is 0 Å². The first-order chi connectivity index (χ1) is 16.8. The highest BCUT2D eigenvalue weighted by molar-refractivity contribution is 7.92. The number of rotatable bonds is 12. The average Bonchev–Trinajstić information content (AvgIpc) is 2.84. The predicted octanol–water partition coefficient (Wildman–Crippen LogP) is 5.11. The predicted molar refractivity (Wildman–Crippen MR) is 142 cm³/mol. The van der Waals surface area contributed by atoms with E-state index in [1.807, 2.05) is 55.5 Å². The molecule has 6 nitrogen and oxygen atoms in total. The van der Waals surface area contributed by atoms with Crippen LogP contribution in [0, 0.1) is 6.92 Å². The van der Waals surface area contributed by atoms with Crippen molar-refractivity contribution < 1.29 is 17.9 Å². The summed E-state index contributed by atoms with van der Waals surface area (Å²) < 4.78 is 32.0. The number of ether oxygens (including phenoxy) is 1. The SMILES string of the molecule is CCCCc1ccc(N(Cc2ccc(C(=O)NCCOc3cccc(C)c3)cc2)S(C)(=O)=O)cc1. The van der Waals surface area contributed by atoms with E-state index in [0.29, 0.717) is 24.4 Å². The van der Waals surface area contributed by atoms with Gasteiger partial charge in [-0.15, -0.1) is 0 Å². The minimum atomic E-state index is -3.47. The Kier molecular flexibility index (Phi) is 9.32. The highest BCUT2D eigenvalue weighted by Crippen LogP contribution is 2.22. The second-order valence-electron chi connectivity index (χ2n) is 8.66. The normalized spacial score (nSPS) is 11.2. The van der Waals surface area contributed by atoms with E-state index in [-0.39, 0.29) is 12.5 Å². The van der Waals surface area contributed by atoms with E-state index in [2.05, 4.69) is 12.2 Å². The monoisotopic (exact) mass is 494 g/mol. The number of nitrogens with one attached hydrogen (secondary N) is 1. The molecule has 0 spiro atoms. The van der Waals surface area contributed by atoms with Crippen molar-refractivity contribution in [3.63, 3.8) is 0 Å². The summed E-state index contributed by atoms with van der Waals surface area (Å²) in [6, 6.07) is 22.4. The van der Waals surface area contributed by atoms with Crippen molar-refractivity contribution in [3.05, 3.63) is 95.1 Å². The van der Waals surface area contributed by atoms with Gasteiger partial charge in [-0.1, -0.05) is 49.7 Å². The molecule has 3 aromatic carbocycles. The third-order valence-corrected chi connectivity index (χ3v) is 6.77. The second-order valence-corrected chi connectivity index (χ2v) is 10.6. The minimum absolute atomic E-state index is 0.194. The molecule has 0 aliphatic heterocycles. The lowest BCUT2D eigenvalue weighted by Gasteiger charge is -2.23. The number of unbranched alkanes of at least 4 members (excludes halogenated alkanes) is 1.